The molecule has 1 N–H and O–H groups in total. The zero-order chi connectivity index (χ0) is 22.7. The number of para-hydroxylation sites is 1. The van der Waals surface area contributed by atoms with Gasteiger partial charge in [0.1, 0.15) is 11.8 Å². The minimum Gasteiger partial charge on any atom is -0.461 e. The molecule has 1 aromatic heterocycles. The second kappa shape index (κ2) is 9.05. The number of hydrogen-bond donors (Lipinski definition) is 1. The SMILES string of the molecule is CCOC(=O)C1=NN(c2ccccc2)C(C(=O)Nc2cccc(-n3nc(C)cc3C)c2)C1. The monoisotopic (exact) mass is 431 g/mol. The predicted octanol–water partition coefficient (Wildman–Crippen LogP) is 3.63. The van der Waals surface area contributed by atoms with Crippen LogP contribution in [0.1, 0.15) is 24.7 Å². The molecule has 2 aromatic carbocycles. The van der Waals surface area contributed by atoms with E-state index in [0.29, 0.717) is 5.69 Å². The fourth-order valence-corrected chi connectivity index (χ4v) is 3.70. The Bertz CT molecular complexity index is 1170. The molecule has 1 aliphatic rings. The maximum atomic E-state index is 13.2. The summed E-state index contributed by atoms with van der Waals surface area (Å²) in [5, 5.41) is 13.4. The summed E-state index contributed by atoms with van der Waals surface area (Å²) in [6.07, 6.45) is 0.163. The van der Waals surface area contributed by atoms with Crippen molar-refractivity contribution in [3.05, 3.63) is 72.1 Å². The number of anilines is 2. The standard InChI is InChI=1S/C24H25N5O3/c1-4-32-24(31)21-15-22(29(27-21)19-10-6-5-7-11-19)23(30)25-18-9-8-12-20(14-18)28-17(3)13-16(2)26-28/h5-14,22H,4,15H2,1-3H3,(H,25,30). The summed E-state index contributed by atoms with van der Waals surface area (Å²) in [5.41, 5.74) is 4.37. The van der Waals surface area contributed by atoms with Gasteiger partial charge in [0.05, 0.1) is 23.7 Å². The van der Waals surface area contributed by atoms with Crippen LogP contribution in [-0.4, -0.2) is 40.0 Å². The molecule has 3 aromatic rings. The van der Waals surface area contributed by atoms with Gasteiger partial charge in [0.25, 0.3) is 0 Å². The van der Waals surface area contributed by atoms with E-state index in [2.05, 4.69) is 15.5 Å². The highest BCUT2D eigenvalue weighted by Crippen LogP contribution is 2.26. The maximum absolute atomic E-state index is 13.2. The van der Waals surface area contributed by atoms with E-state index in [1.807, 2.05) is 79.2 Å². The first kappa shape index (κ1) is 21.3. The zero-order valence-corrected chi connectivity index (χ0v) is 18.3. The highest BCUT2D eigenvalue weighted by atomic mass is 16.5. The minimum atomic E-state index is -0.672. The number of benzene rings is 2. The van der Waals surface area contributed by atoms with Gasteiger partial charge in [-0.2, -0.15) is 10.2 Å². The summed E-state index contributed by atoms with van der Waals surface area (Å²) in [6, 6.07) is 18.1. The third kappa shape index (κ3) is 4.39. The summed E-state index contributed by atoms with van der Waals surface area (Å²) >= 11 is 0. The van der Waals surface area contributed by atoms with Crippen LogP contribution in [0.5, 0.6) is 0 Å². The molecule has 0 radical (unpaired) electrons. The van der Waals surface area contributed by atoms with Crippen molar-refractivity contribution in [1.29, 1.82) is 0 Å². The van der Waals surface area contributed by atoms with Gasteiger partial charge in [0, 0.05) is 17.8 Å². The van der Waals surface area contributed by atoms with Crippen molar-refractivity contribution < 1.29 is 14.3 Å². The Kier molecular flexibility index (Phi) is 6.02. The Morgan fingerprint density at radius 1 is 1.06 bits per heavy atom. The summed E-state index contributed by atoms with van der Waals surface area (Å²) in [7, 11) is 0. The molecule has 0 saturated heterocycles. The number of nitrogens with one attached hydrogen (secondary N) is 1. The number of aryl methyl sites for hydroxylation is 2. The second-order valence-corrected chi connectivity index (χ2v) is 7.55. The van der Waals surface area contributed by atoms with E-state index in [4.69, 9.17) is 4.74 Å². The van der Waals surface area contributed by atoms with E-state index in [-0.39, 0.29) is 24.6 Å². The number of hydrazone groups is 1. The number of aromatic nitrogens is 2. The molecule has 1 atom stereocenters. The summed E-state index contributed by atoms with van der Waals surface area (Å²) in [4.78, 5) is 25.5. The fourth-order valence-electron chi connectivity index (χ4n) is 3.70. The van der Waals surface area contributed by atoms with Crippen LogP contribution in [0, 0.1) is 13.8 Å². The summed E-state index contributed by atoms with van der Waals surface area (Å²) in [6.45, 7) is 5.91. The third-order valence-electron chi connectivity index (χ3n) is 5.11. The molecule has 0 bridgehead atoms. The van der Waals surface area contributed by atoms with Crippen LogP contribution in [0.15, 0.2) is 65.8 Å². The van der Waals surface area contributed by atoms with Gasteiger partial charge in [-0.25, -0.2) is 9.48 Å². The Morgan fingerprint density at radius 3 is 2.50 bits per heavy atom. The molecule has 8 heteroatoms. The Morgan fingerprint density at radius 2 is 1.81 bits per heavy atom. The molecule has 2 heterocycles. The minimum absolute atomic E-state index is 0.163. The third-order valence-corrected chi connectivity index (χ3v) is 5.11. The highest BCUT2D eigenvalue weighted by Gasteiger charge is 2.36. The van der Waals surface area contributed by atoms with E-state index in [1.54, 1.807) is 11.9 Å². The van der Waals surface area contributed by atoms with E-state index >= 15 is 0 Å². The first-order valence-electron chi connectivity index (χ1n) is 10.5. The molecule has 8 nitrogen and oxygen atoms in total. The van der Waals surface area contributed by atoms with Gasteiger partial charge in [0.15, 0.2) is 0 Å². The Labute approximate surface area is 186 Å². The molecule has 1 amide bonds. The Hall–Kier alpha value is -3.94. The molecule has 0 spiro atoms. The average molecular weight is 431 g/mol. The molecule has 1 unspecified atom stereocenters. The van der Waals surface area contributed by atoms with Crippen LogP contribution in [0.2, 0.25) is 0 Å². The molecule has 1 aliphatic heterocycles. The quantitative estimate of drug-likeness (QED) is 0.602. The lowest BCUT2D eigenvalue weighted by molar-refractivity contribution is -0.135. The van der Waals surface area contributed by atoms with Gasteiger partial charge in [-0.1, -0.05) is 24.3 Å². The molecule has 4 rings (SSSR count). The van der Waals surface area contributed by atoms with Gasteiger partial charge < -0.3 is 10.1 Å². The molecule has 0 aliphatic carbocycles. The summed E-state index contributed by atoms with van der Waals surface area (Å²) < 4.78 is 6.93. The Balaban J connectivity index is 1.57. The highest BCUT2D eigenvalue weighted by molar-refractivity contribution is 6.38. The fraction of sp³-hybridized carbons (Fsp3) is 0.250. The van der Waals surface area contributed by atoms with Gasteiger partial charge in [-0.05, 0) is 57.2 Å². The molecule has 32 heavy (non-hydrogen) atoms. The topological polar surface area (TPSA) is 88.8 Å². The van der Waals surface area contributed by atoms with E-state index in [0.717, 1.165) is 22.8 Å². The van der Waals surface area contributed by atoms with E-state index < -0.39 is 12.0 Å². The summed E-state index contributed by atoms with van der Waals surface area (Å²) in [5.74, 6) is -0.766. The number of ether oxygens (including phenoxy) is 1. The normalized spacial score (nSPS) is 15.4. The predicted molar refractivity (Wildman–Crippen MR) is 123 cm³/mol. The van der Waals surface area contributed by atoms with Gasteiger partial charge in [-0.15, -0.1) is 0 Å². The van der Waals surface area contributed by atoms with E-state index in [9.17, 15) is 9.59 Å². The van der Waals surface area contributed by atoms with Crippen molar-refractivity contribution in [2.24, 2.45) is 5.10 Å². The van der Waals surface area contributed by atoms with Crippen molar-refractivity contribution in [3.63, 3.8) is 0 Å². The van der Waals surface area contributed by atoms with Gasteiger partial charge >= 0.3 is 5.97 Å². The number of carbonyl (C=O) groups is 2. The largest absolute Gasteiger partial charge is 0.461 e. The van der Waals surface area contributed by atoms with Gasteiger partial charge in [0.2, 0.25) is 5.91 Å². The second-order valence-electron chi connectivity index (χ2n) is 7.55. The maximum Gasteiger partial charge on any atom is 0.354 e. The van der Waals surface area contributed by atoms with Crippen LogP contribution in [0.4, 0.5) is 11.4 Å². The van der Waals surface area contributed by atoms with E-state index in [1.165, 1.54) is 0 Å². The van der Waals surface area contributed by atoms with Crippen molar-refractivity contribution >= 4 is 29.0 Å². The average Bonchev–Trinajstić information content (AvgIpc) is 3.38. The lowest BCUT2D eigenvalue weighted by atomic mass is 10.1. The lowest BCUT2D eigenvalue weighted by Gasteiger charge is -2.22. The zero-order valence-electron chi connectivity index (χ0n) is 18.3. The van der Waals surface area contributed by atoms with Crippen molar-refractivity contribution in [2.45, 2.75) is 33.2 Å². The number of nitrogens with zero attached hydrogens (tertiary/aromatic N) is 4. The number of esters is 1. The van der Waals surface area contributed by atoms with Crippen LogP contribution in [0.25, 0.3) is 5.69 Å². The number of carbonyl (C=O) groups excluding carboxylic acids is 2. The number of hydrogen-bond acceptors (Lipinski definition) is 6. The first-order chi connectivity index (χ1) is 15.5. The van der Waals surface area contributed by atoms with Crippen LogP contribution in [-0.2, 0) is 14.3 Å². The number of rotatable bonds is 6. The van der Waals surface area contributed by atoms with Crippen LogP contribution < -0.4 is 10.3 Å². The van der Waals surface area contributed by atoms with Crippen LogP contribution in [0.3, 0.4) is 0 Å². The van der Waals surface area contributed by atoms with Crippen LogP contribution >= 0.6 is 0 Å². The molecule has 0 fully saturated rings. The smallest absolute Gasteiger partial charge is 0.354 e. The molecule has 164 valence electrons. The molecular weight excluding hydrogens is 406 g/mol. The van der Waals surface area contributed by atoms with Crippen molar-refractivity contribution in [3.8, 4) is 5.69 Å². The molecular formula is C24H25N5O3. The lowest BCUT2D eigenvalue weighted by Crippen LogP contribution is -2.38. The van der Waals surface area contributed by atoms with Crippen molar-refractivity contribution in [2.75, 3.05) is 16.9 Å². The molecule has 0 saturated carbocycles. The first-order valence-corrected chi connectivity index (χ1v) is 10.5. The number of amides is 1. The van der Waals surface area contributed by atoms with Crippen molar-refractivity contribution in [1.82, 2.24) is 9.78 Å². The van der Waals surface area contributed by atoms with Gasteiger partial charge in [-0.3, -0.25) is 9.80 Å².